The molecule has 0 aromatic carbocycles. The highest BCUT2D eigenvalue weighted by Gasteiger charge is 2.57. The summed E-state index contributed by atoms with van der Waals surface area (Å²) in [4.78, 5) is 24.2. The number of ether oxygens (including phenoxy) is 2. The number of esters is 2. The predicted octanol–water partition coefficient (Wildman–Crippen LogP) is 2.78. The molecule has 2 aliphatic carbocycles. The van der Waals surface area contributed by atoms with Gasteiger partial charge in [0, 0.05) is 30.3 Å². The standard InChI is InChI=1S/C20H28O5/c1-6-10(2)18(21)25-16-9-20(5,23)14-8-13-12(4)19(22)24-15(13)7-11(3)17(14)16/h6,12-17,23H,3,7-9H2,1-2,4-5H3. The van der Waals surface area contributed by atoms with Crippen LogP contribution in [0.4, 0.5) is 0 Å². The zero-order chi connectivity index (χ0) is 18.5. The van der Waals surface area contributed by atoms with Crippen LogP contribution in [0.25, 0.3) is 0 Å². The highest BCUT2D eigenvalue weighted by Crippen LogP contribution is 2.54. The Bertz CT molecular complexity index is 632. The molecule has 3 aliphatic rings. The van der Waals surface area contributed by atoms with E-state index in [1.165, 1.54) is 0 Å². The normalized spacial score (nSPS) is 44.0. The molecule has 5 nitrogen and oxygen atoms in total. The molecule has 138 valence electrons. The number of hydrogen-bond donors (Lipinski definition) is 1. The Hall–Kier alpha value is -1.62. The molecule has 7 atom stereocenters. The van der Waals surface area contributed by atoms with E-state index in [0.29, 0.717) is 24.8 Å². The molecule has 0 aromatic rings. The lowest BCUT2D eigenvalue weighted by molar-refractivity contribution is -0.145. The zero-order valence-corrected chi connectivity index (χ0v) is 15.5. The fourth-order valence-corrected chi connectivity index (χ4v) is 4.82. The minimum absolute atomic E-state index is 0.0810. The molecular formula is C20H28O5. The van der Waals surface area contributed by atoms with Gasteiger partial charge < -0.3 is 14.6 Å². The largest absolute Gasteiger partial charge is 0.461 e. The minimum Gasteiger partial charge on any atom is -0.461 e. The van der Waals surface area contributed by atoms with Crippen molar-refractivity contribution in [3.8, 4) is 0 Å². The van der Waals surface area contributed by atoms with Crippen molar-refractivity contribution in [2.24, 2.45) is 23.7 Å². The number of rotatable bonds is 2. The first-order valence-corrected chi connectivity index (χ1v) is 9.10. The summed E-state index contributed by atoms with van der Waals surface area (Å²) in [5, 5.41) is 11.0. The van der Waals surface area contributed by atoms with E-state index in [9.17, 15) is 14.7 Å². The number of hydrogen-bond acceptors (Lipinski definition) is 5. The maximum atomic E-state index is 12.2. The van der Waals surface area contributed by atoms with E-state index < -0.39 is 5.60 Å². The van der Waals surface area contributed by atoms with Crippen molar-refractivity contribution in [2.75, 3.05) is 0 Å². The third-order valence-electron chi connectivity index (χ3n) is 6.48. The van der Waals surface area contributed by atoms with Gasteiger partial charge in [-0.25, -0.2) is 4.79 Å². The van der Waals surface area contributed by atoms with Crippen LogP contribution in [0.2, 0.25) is 0 Å². The van der Waals surface area contributed by atoms with Gasteiger partial charge in [0.15, 0.2) is 0 Å². The average molecular weight is 348 g/mol. The summed E-state index contributed by atoms with van der Waals surface area (Å²) in [5.41, 5.74) is 0.512. The molecule has 1 heterocycles. The first-order valence-electron chi connectivity index (χ1n) is 9.10. The van der Waals surface area contributed by atoms with Gasteiger partial charge in [-0.15, -0.1) is 0 Å². The molecule has 3 rings (SSSR count). The second kappa shape index (κ2) is 6.27. The summed E-state index contributed by atoms with van der Waals surface area (Å²) < 4.78 is 11.3. The van der Waals surface area contributed by atoms with Gasteiger partial charge in [0.05, 0.1) is 11.5 Å². The van der Waals surface area contributed by atoms with E-state index in [2.05, 4.69) is 6.58 Å². The van der Waals surface area contributed by atoms with Gasteiger partial charge in [-0.2, -0.15) is 0 Å². The Morgan fingerprint density at radius 1 is 1.48 bits per heavy atom. The van der Waals surface area contributed by atoms with E-state index in [1.807, 2.05) is 6.92 Å². The van der Waals surface area contributed by atoms with Crippen LogP contribution in [-0.4, -0.2) is 34.9 Å². The highest BCUT2D eigenvalue weighted by molar-refractivity contribution is 5.87. The molecule has 3 fully saturated rings. The zero-order valence-electron chi connectivity index (χ0n) is 15.5. The summed E-state index contributed by atoms with van der Waals surface area (Å²) in [6.07, 6.45) is 2.81. The molecule has 25 heavy (non-hydrogen) atoms. The fourth-order valence-electron chi connectivity index (χ4n) is 4.82. The first kappa shape index (κ1) is 18.2. The Balaban J connectivity index is 1.87. The number of carbonyl (C=O) groups is 2. The van der Waals surface area contributed by atoms with Crippen molar-refractivity contribution in [3.05, 3.63) is 23.8 Å². The van der Waals surface area contributed by atoms with E-state index in [-0.39, 0.29) is 47.8 Å². The second-order valence-electron chi connectivity index (χ2n) is 8.13. The van der Waals surface area contributed by atoms with Crippen LogP contribution in [0.5, 0.6) is 0 Å². The van der Waals surface area contributed by atoms with Crippen LogP contribution in [0, 0.1) is 23.7 Å². The molecule has 7 unspecified atom stereocenters. The summed E-state index contributed by atoms with van der Waals surface area (Å²) in [7, 11) is 0. The molecule has 0 aromatic heterocycles. The van der Waals surface area contributed by atoms with E-state index in [0.717, 1.165) is 5.57 Å². The summed E-state index contributed by atoms with van der Waals surface area (Å²) in [6.45, 7) is 11.4. The van der Waals surface area contributed by atoms with Crippen molar-refractivity contribution < 1.29 is 24.2 Å². The third-order valence-corrected chi connectivity index (χ3v) is 6.48. The summed E-state index contributed by atoms with van der Waals surface area (Å²) >= 11 is 0. The van der Waals surface area contributed by atoms with Crippen LogP contribution in [0.1, 0.15) is 47.0 Å². The quantitative estimate of drug-likeness (QED) is 0.472. The lowest BCUT2D eigenvalue weighted by Gasteiger charge is -2.30. The van der Waals surface area contributed by atoms with Crippen molar-refractivity contribution in [3.63, 3.8) is 0 Å². The molecule has 1 N–H and O–H groups in total. The molecule has 1 aliphatic heterocycles. The maximum absolute atomic E-state index is 12.2. The molecule has 0 amide bonds. The molecular weight excluding hydrogens is 320 g/mol. The van der Waals surface area contributed by atoms with E-state index in [1.54, 1.807) is 26.8 Å². The highest BCUT2D eigenvalue weighted by atomic mass is 16.6. The van der Waals surface area contributed by atoms with Crippen molar-refractivity contribution in [1.82, 2.24) is 0 Å². The molecule has 2 saturated carbocycles. The molecule has 0 bridgehead atoms. The van der Waals surface area contributed by atoms with Gasteiger partial charge in [0.1, 0.15) is 12.2 Å². The van der Waals surface area contributed by atoms with Crippen LogP contribution >= 0.6 is 0 Å². The van der Waals surface area contributed by atoms with Gasteiger partial charge in [0.2, 0.25) is 0 Å². The Labute approximate surface area is 149 Å². The van der Waals surface area contributed by atoms with Crippen LogP contribution < -0.4 is 0 Å². The topological polar surface area (TPSA) is 72.8 Å². The Morgan fingerprint density at radius 2 is 2.16 bits per heavy atom. The average Bonchev–Trinajstić information content (AvgIpc) is 2.86. The SMILES string of the molecule is C=C1CC2OC(=O)C(C)C2CC2C1C(OC(=O)C(C)=CC)CC2(C)O. The first-order chi connectivity index (χ1) is 11.7. The summed E-state index contributed by atoms with van der Waals surface area (Å²) in [5.74, 6) is -0.779. The predicted molar refractivity (Wildman–Crippen MR) is 92.4 cm³/mol. The van der Waals surface area contributed by atoms with Gasteiger partial charge in [-0.1, -0.05) is 25.2 Å². The number of carbonyl (C=O) groups excluding carboxylic acids is 2. The number of aliphatic hydroxyl groups is 1. The smallest absolute Gasteiger partial charge is 0.333 e. The van der Waals surface area contributed by atoms with Gasteiger partial charge in [-0.3, -0.25) is 4.79 Å². The van der Waals surface area contributed by atoms with Gasteiger partial charge in [0.25, 0.3) is 0 Å². The number of allylic oxidation sites excluding steroid dienone is 1. The van der Waals surface area contributed by atoms with Crippen LogP contribution in [0.3, 0.4) is 0 Å². The monoisotopic (exact) mass is 348 g/mol. The minimum atomic E-state index is -0.956. The molecule has 0 spiro atoms. The lowest BCUT2D eigenvalue weighted by Crippen LogP contribution is -2.34. The van der Waals surface area contributed by atoms with Crippen LogP contribution in [0.15, 0.2) is 23.8 Å². The van der Waals surface area contributed by atoms with Gasteiger partial charge >= 0.3 is 11.9 Å². The summed E-state index contributed by atoms with van der Waals surface area (Å²) in [6, 6.07) is 0. The lowest BCUT2D eigenvalue weighted by atomic mass is 9.77. The molecule has 1 saturated heterocycles. The van der Waals surface area contributed by atoms with Gasteiger partial charge in [-0.05, 0) is 33.1 Å². The second-order valence-corrected chi connectivity index (χ2v) is 8.13. The Morgan fingerprint density at radius 3 is 2.80 bits per heavy atom. The third kappa shape index (κ3) is 3.03. The molecule has 5 heteroatoms. The van der Waals surface area contributed by atoms with Crippen molar-refractivity contribution in [1.29, 1.82) is 0 Å². The maximum Gasteiger partial charge on any atom is 0.333 e. The fraction of sp³-hybridized carbons (Fsp3) is 0.700. The molecule has 0 radical (unpaired) electrons. The van der Waals surface area contributed by atoms with Crippen molar-refractivity contribution in [2.45, 2.75) is 64.8 Å². The van der Waals surface area contributed by atoms with E-state index in [4.69, 9.17) is 9.47 Å². The van der Waals surface area contributed by atoms with Crippen LogP contribution in [-0.2, 0) is 19.1 Å². The Kier molecular flexibility index (Phi) is 4.56. The van der Waals surface area contributed by atoms with E-state index >= 15 is 0 Å². The number of fused-ring (bicyclic) bond motifs is 2. The van der Waals surface area contributed by atoms with Crippen molar-refractivity contribution >= 4 is 11.9 Å².